The molecule has 0 aliphatic heterocycles. The Morgan fingerprint density at radius 1 is 0.714 bits per heavy atom. The first kappa shape index (κ1) is 11.1. The molecule has 5 rings (SSSR count). The van der Waals surface area contributed by atoms with E-state index < -0.39 is 0 Å². The lowest BCUT2D eigenvalue weighted by atomic mass is 9.83. The summed E-state index contributed by atoms with van der Waals surface area (Å²) in [6, 6.07) is 17.7. The third-order valence-electron chi connectivity index (χ3n) is 4.70. The van der Waals surface area contributed by atoms with E-state index in [1.54, 1.807) is 0 Å². The van der Waals surface area contributed by atoms with Crippen molar-refractivity contribution in [1.29, 1.82) is 0 Å². The molecule has 0 nitrogen and oxygen atoms in total. The van der Waals surface area contributed by atoms with Crippen LogP contribution in [0.1, 0.15) is 11.1 Å². The van der Waals surface area contributed by atoms with Crippen molar-refractivity contribution in [3.8, 4) is 0 Å². The Kier molecular flexibility index (Phi) is 2.09. The van der Waals surface area contributed by atoms with Crippen molar-refractivity contribution >= 4 is 33.2 Å². The van der Waals surface area contributed by atoms with Crippen LogP contribution in [0.25, 0.3) is 33.2 Å². The summed E-state index contributed by atoms with van der Waals surface area (Å²) in [5, 5.41) is 5.35. The monoisotopic (exact) mass is 266 g/mol. The van der Waals surface area contributed by atoms with Gasteiger partial charge in [-0.15, -0.1) is 0 Å². The first-order chi connectivity index (χ1) is 10.4. The second-order valence-electron chi connectivity index (χ2n) is 5.80. The number of hydrogen-bond donors (Lipinski definition) is 0. The van der Waals surface area contributed by atoms with Crippen LogP contribution in [0, 0.1) is 5.92 Å². The molecule has 0 heterocycles. The van der Waals surface area contributed by atoms with E-state index in [0.29, 0.717) is 5.92 Å². The highest BCUT2D eigenvalue weighted by Crippen LogP contribution is 2.41. The predicted molar refractivity (Wildman–Crippen MR) is 91.1 cm³/mol. The van der Waals surface area contributed by atoms with Crippen LogP contribution in [0.3, 0.4) is 0 Å². The summed E-state index contributed by atoms with van der Waals surface area (Å²) in [5.41, 5.74) is 4.18. The van der Waals surface area contributed by atoms with Gasteiger partial charge in [0.1, 0.15) is 0 Å². The molecule has 0 amide bonds. The Balaban J connectivity index is 1.91. The third-order valence-corrected chi connectivity index (χ3v) is 4.70. The summed E-state index contributed by atoms with van der Waals surface area (Å²) in [6.07, 6.45) is 11.3. The highest BCUT2D eigenvalue weighted by molar-refractivity contribution is 6.11. The Labute approximate surface area is 123 Å². The van der Waals surface area contributed by atoms with Crippen LogP contribution in [0.15, 0.2) is 72.8 Å². The lowest BCUT2D eigenvalue weighted by Crippen LogP contribution is -2.01. The van der Waals surface area contributed by atoms with E-state index in [9.17, 15) is 0 Å². The van der Waals surface area contributed by atoms with Gasteiger partial charge in [0, 0.05) is 5.92 Å². The first-order valence-electron chi connectivity index (χ1n) is 7.43. The lowest BCUT2D eigenvalue weighted by molar-refractivity contribution is 1.11. The quantitative estimate of drug-likeness (QED) is 0.465. The fraction of sp³-hybridized carbons (Fsp3) is 0.0476. The van der Waals surface area contributed by atoms with Gasteiger partial charge >= 0.3 is 0 Å². The molecule has 2 aliphatic rings. The molecule has 2 aliphatic carbocycles. The fourth-order valence-corrected chi connectivity index (χ4v) is 3.67. The number of hydrogen-bond acceptors (Lipinski definition) is 0. The van der Waals surface area contributed by atoms with E-state index in [1.807, 2.05) is 0 Å². The normalized spacial score (nSPS) is 18.9. The lowest BCUT2D eigenvalue weighted by Gasteiger charge is -2.20. The van der Waals surface area contributed by atoms with Crippen molar-refractivity contribution in [2.45, 2.75) is 0 Å². The number of benzene rings is 3. The predicted octanol–water partition coefficient (Wildman–Crippen LogP) is 5.59. The summed E-state index contributed by atoms with van der Waals surface area (Å²) >= 11 is 0. The van der Waals surface area contributed by atoms with Crippen molar-refractivity contribution in [3.63, 3.8) is 0 Å². The van der Waals surface area contributed by atoms with E-state index >= 15 is 0 Å². The van der Waals surface area contributed by atoms with Crippen LogP contribution in [-0.2, 0) is 0 Å². The molecule has 3 aromatic carbocycles. The van der Waals surface area contributed by atoms with Crippen LogP contribution in [-0.4, -0.2) is 0 Å². The molecule has 0 radical (unpaired) electrons. The Morgan fingerprint density at radius 3 is 2.62 bits per heavy atom. The molecular formula is C21H14. The standard InChI is InChI=1S/C21H14/c1-2-6-16-14(4-1)8-10-20-18(16)12-13-19-17-7-3-5-15(17)9-11-21(19)20/h1-13,15H. The molecule has 3 aromatic rings. The number of fused-ring (bicyclic) bond motifs is 7. The van der Waals surface area contributed by atoms with Gasteiger partial charge in [0.05, 0.1) is 0 Å². The van der Waals surface area contributed by atoms with Gasteiger partial charge < -0.3 is 0 Å². The fourth-order valence-electron chi connectivity index (χ4n) is 3.67. The Bertz CT molecular complexity index is 984. The van der Waals surface area contributed by atoms with E-state index in [2.05, 4.69) is 78.9 Å². The average molecular weight is 266 g/mol. The van der Waals surface area contributed by atoms with Gasteiger partial charge in [0.2, 0.25) is 0 Å². The topological polar surface area (TPSA) is 0 Å². The van der Waals surface area contributed by atoms with Gasteiger partial charge in [0.15, 0.2) is 0 Å². The maximum absolute atomic E-state index is 2.31. The SMILES string of the molecule is C1=CC2C=Cc3c(ccc4c3ccc3ccccc34)C2=C1. The summed E-state index contributed by atoms with van der Waals surface area (Å²) in [6.45, 7) is 0. The number of rotatable bonds is 0. The smallest absolute Gasteiger partial charge is 0.0211 e. The van der Waals surface area contributed by atoms with Crippen molar-refractivity contribution < 1.29 is 0 Å². The molecule has 0 heteroatoms. The van der Waals surface area contributed by atoms with Crippen LogP contribution in [0.2, 0.25) is 0 Å². The van der Waals surface area contributed by atoms with E-state index in [-0.39, 0.29) is 0 Å². The van der Waals surface area contributed by atoms with Crippen LogP contribution < -0.4 is 0 Å². The maximum Gasteiger partial charge on any atom is 0.0211 e. The molecule has 0 saturated carbocycles. The van der Waals surface area contributed by atoms with Gasteiger partial charge in [-0.05, 0) is 38.2 Å². The van der Waals surface area contributed by atoms with Gasteiger partial charge in [0.25, 0.3) is 0 Å². The summed E-state index contributed by atoms with van der Waals surface area (Å²) in [7, 11) is 0. The van der Waals surface area contributed by atoms with Gasteiger partial charge in [-0.2, -0.15) is 0 Å². The summed E-state index contributed by atoms with van der Waals surface area (Å²) in [4.78, 5) is 0. The Morgan fingerprint density at radius 2 is 1.62 bits per heavy atom. The third kappa shape index (κ3) is 1.45. The minimum absolute atomic E-state index is 0.468. The molecular weight excluding hydrogens is 252 g/mol. The van der Waals surface area contributed by atoms with E-state index in [0.717, 1.165) is 0 Å². The molecule has 0 spiro atoms. The summed E-state index contributed by atoms with van der Waals surface area (Å²) < 4.78 is 0. The van der Waals surface area contributed by atoms with Crippen LogP contribution >= 0.6 is 0 Å². The highest BCUT2D eigenvalue weighted by atomic mass is 14.2. The molecule has 0 saturated heterocycles. The zero-order valence-electron chi connectivity index (χ0n) is 11.6. The zero-order chi connectivity index (χ0) is 13.8. The van der Waals surface area contributed by atoms with Gasteiger partial charge in [-0.25, -0.2) is 0 Å². The van der Waals surface area contributed by atoms with Crippen molar-refractivity contribution in [2.75, 3.05) is 0 Å². The average Bonchev–Trinajstić information content (AvgIpc) is 3.03. The molecule has 0 aromatic heterocycles. The van der Waals surface area contributed by atoms with Crippen LogP contribution in [0.4, 0.5) is 0 Å². The van der Waals surface area contributed by atoms with Crippen LogP contribution in [0.5, 0.6) is 0 Å². The number of allylic oxidation sites excluding steroid dienone is 5. The summed E-state index contributed by atoms with van der Waals surface area (Å²) in [5.74, 6) is 0.468. The molecule has 0 fully saturated rings. The largest absolute Gasteiger partial charge is 0.0732 e. The minimum atomic E-state index is 0.468. The first-order valence-corrected chi connectivity index (χ1v) is 7.43. The molecule has 1 unspecified atom stereocenters. The van der Waals surface area contributed by atoms with Crippen molar-refractivity contribution in [1.82, 2.24) is 0 Å². The molecule has 0 N–H and O–H groups in total. The van der Waals surface area contributed by atoms with Crippen molar-refractivity contribution in [3.05, 3.63) is 84.0 Å². The van der Waals surface area contributed by atoms with Crippen molar-refractivity contribution in [2.24, 2.45) is 5.92 Å². The van der Waals surface area contributed by atoms with Gasteiger partial charge in [-0.3, -0.25) is 0 Å². The zero-order valence-corrected chi connectivity index (χ0v) is 11.6. The highest BCUT2D eigenvalue weighted by Gasteiger charge is 2.21. The second kappa shape index (κ2) is 3.95. The molecule has 21 heavy (non-hydrogen) atoms. The van der Waals surface area contributed by atoms with Gasteiger partial charge in [-0.1, -0.05) is 78.9 Å². The maximum atomic E-state index is 2.31. The van der Waals surface area contributed by atoms with E-state index in [1.165, 1.54) is 38.2 Å². The molecule has 98 valence electrons. The molecule has 0 bridgehead atoms. The minimum Gasteiger partial charge on any atom is -0.0732 e. The van der Waals surface area contributed by atoms with E-state index in [4.69, 9.17) is 0 Å². The Hall–Kier alpha value is -2.60. The molecule has 1 atom stereocenters. The second-order valence-corrected chi connectivity index (χ2v) is 5.80.